The van der Waals surface area contributed by atoms with Crippen molar-refractivity contribution in [1.82, 2.24) is 15.2 Å². The Morgan fingerprint density at radius 3 is 2.93 bits per heavy atom. The highest BCUT2D eigenvalue weighted by atomic mass is 35.5. The van der Waals surface area contributed by atoms with E-state index in [0.717, 1.165) is 5.56 Å². The first-order valence-corrected chi connectivity index (χ1v) is 5.76. The van der Waals surface area contributed by atoms with Crippen molar-refractivity contribution in [1.29, 1.82) is 0 Å². The molecule has 2 heterocycles. The molecule has 0 amide bonds. The van der Waals surface area contributed by atoms with E-state index in [1.165, 1.54) is 0 Å². The van der Waals surface area contributed by atoms with Gasteiger partial charge in [-0.1, -0.05) is 11.6 Å². The maximum atomic E-state index is 5.78. The lowest BCUT2D eigenvalue weighted by Gasteiger charge is -2.04. The monoisotopic (exact) mass is 260 g/mol. The number of halogens is 2. The SMILES string of the molecule is Clc1nnc(Cl)c(NCc2ccsc2)n1. The quantitative estimate of drug-likeness (QED) is 0.922. The Bertz CT molecular complexity index is 446. The second-order valence-corrected chi connectivity index (χ2v) is 4.18. The maximum absolute atomic E-state index is 5.78. The summed E-state index contributed by atoms with van der Waals surface area (Å²) in [4.78, 5) is 3.92. The van der Waals surface area contributed by atoms with E-state index in [1.54, 1.807) is 11.3 Å². The van der Waals surface area contributed by atoms with Gasteiger partial charge in [-0.3, -0.25) is 0 Å². The molecule has 0 saturated carbocycles. The normalized spacial score (nSPS) is 10.3. The lowest BCUT2D eigenvalue weighted by atomic mass is 10.3. The van der Waals surface area contributed by atoms with Crippen LogP contribution in [0, 0.1) is 0 Å². The number of nitrogens with zero attached hydrogens (tertiary/aromatic N) is 3. The molecule has 2 aromatic heterocycles. The fourth-order valence-corrected chi connectivity index (χ4v) is 1.92. The highest BCUT2D eigenvalue weighted by molar-refractivity contribution is 7.07. The van der Waals surface area contributed by atoms with Gasteiger partial charge in [0.05, 0.1) is 0 Å². The first-order chi connectivity index (χ1) is 7.25. The van der Waals surface area contributed by atoms with Crippen molar-refractivity contribution in [2.75, 3.05) is 5.32 Å². The number of thiophene rings is 1. The van der Waals surface area contributed by atoms with Crippen molar-refractivity contribution < 1.29 is 0 Å². The Kier molecular flexibility index (Phi) is 3.35. The largest absolute Gasteiger partial charge is 0.363 e. The molecule has 7 heteroatoms. The highest BCUT2D eigenvalue weighted by Gasteiger charge is 2.05. The smallest absolute Gasteiger partial charge is 0.245 e. The second kappa shape index (κ2) is 4.74. The van der Waals surface area contributed by atoms with Gasteiger partial charge in [-0.25, -0.2) is 0 Å². The molecule has 4 nitrogen and oxygen atoms in total. The van der Waals surface area contributed by atoms with Crippen LogP contribution in [0.3, 0.4) is 0 Å². The lowest BCUT2D eigenvalue weighted by molar-refractivity contribution is 0.959. The molecule has 78 valence electrons. The molecule has 0 spiro atoms. The van der Waals surface area contributed by atoms with Crippen molar-refractivity contribution in [2.45, 2.75) is 6.54 Å². The molecule has 0 radical (unpaired) electrons. The first kappa shape index (κ1) is 10.6. The third kappa shape index (κ3) is 2.77. The van der Waals surface area contributed by atoms with Crippen LogP contribution in [0.1, 0.15) is 5.56 Å². The van der Waals surface area contributed by atoms with E-state index in [0.29, 0.717) is 12.4 Å². The van der Waals surface area contributed by atoms with Crippen molar-refractivity contribution in [3.05, 3.63) is 32.8 Å². The van der Waals surface area contributed by atoms with Gasteiger partial charge in [0, 0.05) is 6.54 Å². The third-order valence-corrected chi connectivity index (χ3v) is 2.81. The molecule has 0 aliphatic carbocycles. The van der Waals surface area contributed by atoms with E-state index in [-0.39, 0.29) is 10.4 Å². The summed E-state index contributed by atoms with van der Waals surface area (Å²) in [5.41, 5.74) is 1.16. The van der Waals surface area contributed by atoms with Crippen molar-refractivity contribution in [3.8, 4) is 0 Å². The summed E-state index contributed by atoms with van der Waals surface area (Å²) in [5.74, 6) is 0.447. The molecule has 0 fully saturated rings. The van der Waals surface area contributed by atoms with Crippen molar-refractivity contribution in [2.24, 2.45) is 0 Å². The Labute approximate surface area is 100 Å². The fourth-order valence-electron chi connectivity index (χ4n) is 0.985. The van der Waals surface area contributed by atoms with Gasteiger partial charge < -0.3 is 5.32 Å². The minimum absolute atomic E-state index is 0.0761. The minimum Gasteiger partial charge on any atom is -0.363 e. The molecule has 0 aliphatic heterocycles. The summed E-state index contributed by atoms with van der Waals surface area (Å²) in [7, 11) is 0. The molecular weight excluding hydrogens is 255 g/mol. The van der Waals surface area contributed by atoms with Crippen LogP contribution in [-0.2, 0) is 6.54 Å². The molecule has 0 aromatic carbocycles. The van der Waals surface area contributed by atoms with Crippen LogP contribution in [-0.4, -0.2) is 15.2 Å². The summed E-state index contributed by atoms with van der Waals surface area (Å²) in [6.45, 7) is 0.637. The zero-order valence-electron chi connectivity index (χ0n) is 7.44. The molecular formula is C8H6Cl2N4S. The Morgan fingerprint density at radius 2 is 2.20 bits per heavy atom. The number of nitrogens with one attached hydrogen (secondary N) is 1. The molecule has 2 rings (SSSR count). The summed E-state index contributed by atoms with van der Waals surface area (Å²) in [6, 6.07) is 2.02. The topological polar surface area (TPSA) is 50.7 Å². The van der Waals surface area contributed by atoms with Gasteiger partial charge in [0.15, 0.2) is 11.0 Å². The standard InChI is InChI=1S/C8H6Cl2N4S/c9-6-7(12-8(10)14-13-6)11-3-5-1-2-15-4-5/h1-2,4H,3H2,(H,11,12,14). The van der Waals surface area contributed by atoms with Gasteiger partial charge in [-0.2, -0.15) is 16.3 Å². The predicted octanol–water partition coefficient (Wildman–Crippen LogP) is 2.85. The average Bonchev–Trinajstić information content (AvgIpc) is 2.72. The van der Waals surface area contributed by atoms with Gasteiger partial charge in [0.1, 0.15) is 0 Å². The summed E-state index contributed by atoms with van der Waals surface area (Å²) in [6.07, 6.45) is 0. The van der Waals surface area contributed by atoms with E-state index >= 15 is 0 Å². The zero-order chi connectivity index (χ0) is 10.7. The second-order valence-electron chi connectivity index (χ2n) is 2.71. The molecule has 15 heavy (non-hydrogen) atoms. The number of hydrogen-bond donors (Lipinski definition) is 1. The first-order valence-electron chi connectivity index (χ1n) is 4.06. The molecule has 0 aliphatic rings. The zero-order valence-corrected chi connectivity index (χ0v) is 9.77. The number of rotatable bonds is 3. The number of anilines is 1. The Balaban J connectivity index is 2.07. The van der Waals surface area contributed by atoms with Gasteiger partial charge in [0.2, 0.25) is 5.28 Å². The average molecular weight is 261 g/mol. The van der Waals surface area contributed by atoms with E-state index < -0.39 is 0 Å². The van der Waals surface area contributed by atoms with Crippen LogP contribution in [0.4, 0.5) is 5.82 Å². The summed E-state index contributed by atoms with van der Waals surface area (Å²) < 4.78 is 0. The van der Waals surface area contributed by atoms with Crippen LogP contribution < -0.4 is 5.32 Å². The minimum atomic E-state index is 0.0761. The fraction of sp³-hybridized carbons (Fsp3) is 0.125. The highest BCUT2D eigenvalue weighted by Crippen LogP contribution is 2.17. The molecule has 0 atom stereocenters. The molecule has 1 N–H and O–H groups in total. The van der Waals surface area contributed by atoms with E-state index in [9.17, 15) is 0 Å². The predicted molar refractivity (Wildman–Crippen MR) is 61.5 cm³/mol. The van der Waals surface area contributed by atoms with Crippen molar-refractivity contribution >= 4 is 40.4 Å². The van der Waals surface area contributed by atoms with Gasteiger partial charge >= 0.3 is 0 Å². The van der Waals surface area contributed by atoms with Crippen LogP contribution in [0.15, 0.2) is 16.8 Å². The van der Waals surface area contributed by atoms with Crippen LogP contribution in [0.5, 0.6) is 0 Å². The summed E-state index contributed by atoms with van der Waals surface area (Å²) in [5, 5.41) is 14.5. The van der Waals surface area contributed by atoms with Gasteiger partial charge in [-0.05, 0) is 34.0 Å². The number of aromatic nitrogens is 3. The van der Waals surface area contributed by atoms with Crippen molar-refractivity contribution in [3.63, 3.8) is 0 Å². The Morgan fingerprint density at radius 1 is 1.33 bits per heavy atom. The van der Waals surface area contributed by atoms with E-state index in [1.807, 2.05) is 16.8 Å². The lowest BCUT2D eigenvalue weighted by Crippen LogP contribution is -2.03. The third-order valence-electron chi connectivity index (χ3n) is 1.66. The van der Waals surface area contributed by atoms with Crippen LogP contribution in [0.2, 0.25) is 10.4 Å². The maximum Gasteiger partial charge on any atom is 0.245 e. The van der Waals surface area contributed by atoms with Gasteiger partial charge in [-0.15, -0.1) is 10.2 Å². The van der Waals surface area contributed by atoms with E-state index in [2.05, 4.69) is 20.5 Å². The molecule has 0 bridgehead atoms. The van der Waals surface area contributed by atoms with Crippen LogP contribution in [0.25, 0.3) is 0 Å². The van der Waals surface area contributed by atoms with Gasteiger partial charge in [0.25, 0.3) is 0 Å². The summed E-state index contributed by atoms with van der Waals surface area (Å²) >= 11 is 13.0. The number of hydrogen-bond acceptors (Lipinski definition) is 5. The molecule has 0 unspecified atom stereocenters. The molecule has 0 saturated heterocycles. The van der Waals surface area contributed by atoms with E-state index in [4.69, 9.17) is 23.2 Å². The Hall–Kier alpha value is -0.910. The molecule has 2 aromatic rings. The van der Waals surface area contributed by atoms with Crippen LogP contribution >= 0.6 is 34.5 Å².